The van der Waals surface area contributed by atoms with Crippen molar-refractivity contribution >= 4 is 10.9 Å². The minimum Gasteiger partial charge on any atom is -0.454 e. The number of ether oxygens (including phenoxy) is 2. The third-order valence-electron chi connectivity index (χ3n) is 3.72. The van der Waals surface area contributed by atoms with Crippen molar-refractivity contribution in [3.05, 3.63) is 53.7 Å². The Hall–Kier alpha value is -2.93. The van der Waals surface area contributed by atoms with Gasteiger partial charge in [0, 0.05) is 23.3 Å². The molecule has 4 heteroatoms. The topological polar surface area (TPSA) is 47.2 Å². The van der Waals surface area contributed by atoms with E-state index in [1.165, 1.54) is 0 Å². The molecule has 4 rings (SSSR count). The summed E-state index contributed by atoms with van der Waals surface area (Å²) in [6.07, 6.45) is 1.86. The van der Waals surface area contributed by atoms with Crippen LogP contribution in [0.2, 0.25) is 0 Å². The number of rotatable bonds is 1. The lowest BCUT2D eigenvalue weighted by atomic mass is 10.1. The standard InChI is InChI=1S/C17H12N2O2/c1-11-2-4-14-12(8-18)9-19(15(14)6-11)13-3-5-16-17(7-13)21-10-20-16/h2-7,9H,10H2,1H3. The molecule has 0 amide bonds. The molecule has 0 saturated carbocycles. The van der Waals surface area contributed by atoms with Crippen molar-refractivity contribution in [3.63, 3.8) is 0 Å². The number of hydrogen-bond acceptors (Lipinski definition) is 3. The van der Waals surface area contributed by atoms with Gasteiger partial charge in [-0.05, 0) is 30.7 Å². The molecule has 0 fully saturated rings. The number of benzene rings is 2. The molecule has 0 unspecified atom stereocenters. The smallest absolute Gasteiger partial charge is 0.231 e. The highest BCUT2D eigenvalue weighted by Gasteiger charge is 2.16. The van der Waals surface area contributed by atoms with Gasteiger partial charge in [-0.15, -0.1) is 0 Å². The molecule has 4 nitrogen and oxygen atoms in total. The highest BCUT2D eigenvalue weighted by atomic mass is 16.7. The SMILES string of the molecule is Cc1ccc2c(C#N)cn(-c3ccc4c(c3)OCO4)c2c1. The van der Waals surface area contributed by atoms with E-state index in [-0.39, 0.29) is 6.79 Å². The average molecular weight is 276 g/mol. The van der Waals surface area contributed by atoms with Gasteiger partial charge in [0.15, 0.2) is 11.5 Å². The lowest BCUT2D eigenvalue weighted by Gasteiger charge is -2.07. The normalized spacial score (nSPS) is 12.6. The first-order chi connectivity index (χ1) is 10.3. The molecule has 1 aliphatic rings. The molecule has 1 aliphatic heterocycles. The van der Waals surface area contributed by atoms with Gasteiger partial charge in [0.2, 0.25) is 6.79 Å². The second-order valence-electron chi connectivity index (χ2n) is 5.08. The fourth-order valence-corrected chi connectivity index (χ4v) is 2.67. The van der Waals surface area contributed by atoms with E-state index < -0.39 is 0 Å². The monoisotopic (exact) mass is 276 g/mol. The van der Waals surface area contributed by atoms with E-state index in [1.807, 2.05) is 48.0 Å². The van der Waals surface area contributed by atoms with E-state index in [2.05, 4.69) is 12.1 Å². The van der Waals surface area contributed by atoms with E-state index in [4.69, 9.17) is 9.47 Å². The van der Waals surface area contributed by atoms with Crippen LogP contribution in [0, 0.1) is 18.3 Å². The van der Waals surface area contributed by atoms with Crippen molar-refractivity contribution < 1.29 is 9.47 Å². The zero-order valence-corrected chi connectivity index (χ0v) is 11.5. The van der Waals surface area contributed by atoms with Crippen LogP contribution in [0.25, 0.3) is 16.6 Å². The average Bonchev–Trinajstić information content (AvgIpc) is 3.09. The summed E-state index contributed by atoms with van der Waals surface area (Å²) in [6.45, 7) is 2.30. The Kier molecular flexibility index (Phi) is 2.42. The van der Waals surface area contributed by atoms with Gasteiger partial charge in [-0.2, -0.15) is 5.26 Å². The number of aromatic nitrogens is 1. The summed E-state index contributed by atoms with van der Waals surface area (Å²) in [6, 6.07) is 14.2. The van der Waals surface area contributed by atoms with Crippen molar-refractivity contribution in [3.8, 4) is 23.3 Å². The lowest BCUT2D eigenvalue weighted by molar-refractivity contribution is 0.174. The zero-order valence-electron chi connectivity index (χ0n) is 11.5. The van der Waals surface area contributed by atoms with Crippen molar-refractivity contribution in [1.82, 2.24) is 4.57 Å². The van der Waals surface area contributed by atoms with Gasteiger partial charge in [-0.25, -0.2) is 0 Å². The van der Waals surface area contributed by atoms with Gasteiger partial charge in [0.25, 0.3) is 0 Å². The number of nitriles is 1. The van der Waals surface area contributed by atoms with E-state index in [0.29, 0.717) is 5.56 Å². The zero-order chi connectivity index (χ0) is 14.4. The van der Waals surface area contributed by atoms with Gasteiger partial charge in [-0.3, -0.25) is 0 Å². The summed E-state index contributed by atoms with van der Waals surface area (Å²) < 4.78 is 12.8. The summed E-state index contributed by atoms with van der Waals surface area (Å²) >= 11 is 0. The molecule has 102 valence electrons. The molecule has 0 atom stereocenters. The lowest BCUT2D eigenvalue weighted by Crippen LogP contribution is -1.93. The molecule has 3 aromatic rings. The summed E-state index contributed by atoms with van der Waals surface area (Å²) in [5.41, 5.74) is 3.80. The van der Waals surface area contributed by atoms with E-state index in [1.54, 1.807) is 0 Å². The molecule has 21 heavy (non-hydrogen) atoms. The minimum atomic E-state index is 0.258. The molecule has 0 aliphatic carbocycles. The number of nitrogens with zero attached hydrogens (tertiary/aromatic N) is 2. The van der Waals surface area contributed by atoms with Gasteiger partial charge in [0.1, 0.15) is 6.07 Å². The molecule has 0 bridgehead atoms. The molecule has 0 spiro atoms. The second kappa shape index (κ2) is 4.29. The number of hydrogen-bond donors (Lipinski definition) is 0. The first-order valence-corrected chi connectivity index (χ1v) is 6.68. The van der Waals surface area contributed by atoms with E-state index in [9.17, 15) is 5.26 Å². The molecule has 0 N–H and O–H groups in total. The highest BCUT2D eigenvalue weighted by molar-refractivity contribution is 5.88. The molecule has 2 heterocycles. The fraction of sp³-hybridized carbons (Fsp3) is 0.118. The van der Waals surface area contributed by atoms with Crippen LogP contribution in [0.15, 0.2) is 42.6 Å². The van der Waals surface area contributed by atoms with Gasteiger partial charge >= 0.3 is 0 Å². The van der Waals surface area contributed by atoms with Crippen molar-refractivity contribution in [1.29, 1.82) is 5.26 Å². The second-order valence-corrected chi connectivity index (χ2v) is 5.08. The molecule has 1 aromatic heterocycles. The fourth-order valence-electron chi connectivity index (χ4n) is 2.67. The van der Waals surface area contributed by atoms with Crippen LogP contribution in [0.3, 0.4) is 0 Å². The van der Waals surface area contributed by atoms with E-state index in [0.717, 1.165) is 33.7 Å². The third-order valence-corrected chi connectivity index (χ3v) is 3.72. The Morgan fingerprint density at radius 1 is 1.10 bits per heavy atom. The van der Waals surface area contributed by atoms with Crippen LogP contribution in [0.4, 0.5) is 0 Å². The maximum Gasteiger partial charge on any atom is 0.231 e. The molecule has 0 saturated heterocycles. The predicted molar refractivity (Wildman–Crippen MR) is 78.9 cm³/mol. The number of fused-ring (bicyclic) bond motifs is 2. The van der Waals surface area contributed by atoms with Crippen molar-refractivity contribution in [2.45, 2.75) is 6.92 Å². The summed E-state index contributed by atoms with van der Waals surface area (Å²) in [5, 5.41) is 10.3. The molecule has 0 radical (unpaired) electrons. The van der Waals surface area contributed by atoms with Crippen molar-refractivity contribution in [2.24, 2.45) is 0 Å². The summed E-state index contributed by atoms with van der Waals surface area (Å²) in [5.74, 6) is 1.49. The van der Waals surface area contributed by atoms with Crippen molar-refractivity contribution in [2.75, 3.05) is 6.79 Å². The summed E-state index contributed by atoms with van der Waals surface area (Å²) in [7, 11) is 0. The maximum atomic E-state index is 9.31. The predicted octanol–water partition coefficient (Wildman–Crippen LogP) is 3.54. The maximum absolute atomic E-state index is 9.31. The molecule has 2 aromatic carbocycles. The number of aryl methyl sites for hydroxylation is 1. The Balaban J connectivity index is 1.98. The van der Waals surface area contributed by atoms with Crippen LogP contribution in [-0.2, 0) is 0 Å². The molecular weight excluding hydrogens is 264 g/mol. The van der Waals surface area contributed by atoms with Crippen LogP contribution in [0.1, 0.15) is 11.1 Å². The summed E-state index contributed by atoms with van der Waals surface area (Å²) in [4.78, 5) is 0. The largest absolute Gasteiger partial charge is 0.454 e. The first kappa shape index (κ1) is 11.9. The van der Waals surface area contributed by atoms with Crippen LogP contribution >= 0.6 is 0 Å². The Labute approximate surface area is 121 Å². The quantitative estimate of drug-likeness (QED) is 0.683. The minimum absolute atomic E-state index is 0.258. The Morgan fingerprint density at radius 3 is 2.81 bits per heavy atom. The van der Waals surface area contributed by atoms with Gasteiger partial charge in [0.05, 0.1) is 11.1 Å². The highest BCUT2D eigenvalue weighted by Crippen LogP contribution is 2.35. The first-order valence-electron chi connectivity index (χ1n) is 6.68. The van der Waals surface area contributed by atoms with Gasteiger partial charge in [-0.1, -0.05) is 12.1 Å². The third kappa shape index (κ3) is 1.75. The van der Waals surface area contributed by atoms with Crippen LogP contribution < -0.4 is 9.47 Å². The van der Waals surface area contributed by atoms with Crippen LogP contribution in [-0.4, -0.2) is 11.4 Å². The van der Waals surface area contributed by atoms with E-state index >= 15 is 0 Å². The Morgan fingerprint density at radius 2 is 1.95 bits per heavy atom. The van der Waals surface area contributed by atoms with Gasteiger partial charge < -0.3 is 14.0 Å². The van der Waals surface area contributed by atoms with Crippen LogP contribution in [0.5, 0.6) is 11.5 Å². The molecular formula is C17H12N2O2. The Bertz CT molecular complexity index is 903.